The summed E-state index contributed by atoms with van der Waals surface area (Å²) < 4.78 is 5.60. The van der Waals surface area contributed by atoms with E-state index in [9.17, 15) is 4.79 Å². The van der Waals surface area contributed by atoms with Gasteiger partial charge in [-0.05, 0) is 37.9 Å². The molecule has 5 nitrogen and oxygen atoms in total. The van der Waals surface area contributed by atoms with Gasteiger partial charge in [-0.2, -0.15) is 0 Å². The highest BCUT2D eigenvalue weighted by Crippen LogP contribution is 2.14. The summed E-state index contributed by atoms with van der Waals surface area (Å²) in [7, 11) is 3.45. The second kappa shape index (κ2) is 6.52. The maximum Gasteiger partial charge on any atom is 0.254 e. The SMILES string of the molecule is CN(C)C(=O)c1ccc(OCCC2CCNC2)nc1. The lowest BCUT2D eigenvalue weighted by molar-refractivity contribution is 0.0827. The Morgan fingerprint density at radius 1 is 1.53 bits per heavy atom. The van der Waals surface area contributed by atoms with Crippen LogP contribution in [0.25, 0.3) is 0 Å². The van der Waals surface area contributed by atoms with E-state index in [2.05, 4.69) is 10.3 Å². The van der Waals surface area contributed by atoms with Crippen molar-refractivity contribution in [1.82, 2.24) is 15.2 Å². The predicted octanol–water partition coefficient (Wildman–Crippen LogP) is 1.16. The second-order valence-electron chi connectivity index (χ2n) is 5.08. The lowest BCUT2D eigenvalue weighted by Gasteiger charge is -2.11. The van der Waals surface area contributed by atoms with Crippen molar-refractivity contribution in [2.45, 2.75) is 12.8 Å². The Labute approximate surface area is 114 Å². The molecule has 1 saturated heterocycles. The van der Waals surface area contributed by atoms with E-state index in [1.54, 1.807) is 32.4 Å². The molecular weight excluding hydrogens is 242 g/mol. The molecule has 1 unspecified atom stereocenters. The van der Waals surface area contributed by atoms with Crippen LogP contribution in [0.3, 0.4) is 0 Å². The number of hydrogen-bond acceptors (Lipinski definition) is 4. The maximum atomic E-state index is 11.7. The summed E-state index contributed by atoms with van der Waals surface area (Å²) >= 11 is 0. The quantitative estimate of drug-likeness (QED) is 0.866. The summed E-state index contributed by atoms with van der Waals surface area (Å²) in [5.41, 5.74) is 0.581. The highest BCUT2D eigenvalue weighted by Gasteiger charge is 2.14. The lowest BCUT2D eigenvalue weighted by Crippen LogP contribution is -2.21. The van der Waals surface area contributed by atoms with E-state index in [4.69, 9.17) is 4.74 Å². The third kappa shape index (κ3) is 3.92. The summed E-state index contributed by atoms with van der Waals surface area (Å²) in [6.07, 6.45) is 3.84. The number of nitrogens with zero attached hydrogens (tertiary/aromatic N) is 2. The highest BCUT2D eigenvalue weighted by atomic mass is 16.5. The minimum atomic E-state index is -0.0453. The van der Waals surface area contributed by atoms with Gasteiger partial charge in [-0.25, -0.2) is 4.98 Å². The van der Waals surface area contributed by atoms with Crippen LogP contribution in [0.4, 0.5) is 0 Å². The van der Waals surface area contributed by atoms with Gasteiger partial charge in [0.15, 0.2) is 0 Å². The molecule has 1 atom stereocenters. The van der Waals surface area contributed by atoms with Gasteiger partial charge in [-0.15, -0.1) is 0 Å². The Bertz CT molecular complexity index is 411. The van der Waals surface area contributed by atoms with E-state index in [0.717, 1.165) is 25.4 Å². The van der Waals surface area contributed by atoms with Gasteiger partial charge in [0.1, 0.15) is 0 Å². The lowest BCUT2D eigenvalue weighted by atomic mass is 10.1. The smallest absolute Gasteiger partial charge is 0.254 e. The minimum Gasteiger partial charge on any atom is -0.478 e. The van der Waals surface area contributed by atoms with Gasteiger partial charge >= 0.3 is 0 Å². The Morgan fingerprint density at radius 2 is 2.37 bits per heavy atom. The number of amides is 1. The first-order valence-electron chi connectivity index (χ1n) is 6.68. The van der Waals surface area contributed by atoms with Crippen molar-refractivity contribution in [3.8, 4) is 5.88 Å². The van der Waals surface area contributed by atoms with Crippen LogP contribution >= 0.6 is 0 Å². The molecule has 19 heavy (non-hydrogen) atoms. The van der Waals surface area contributed by atoms with Gasteiger partial charge in [0.05, 0.1) is 12.2 Å². The van der Waals surface area contributed by atoms with E-state index < -0.39 is 0 Å². The molecule has 1 amide bonds. The Hall–Kier alpha value is -1.62. The van der Waals surface area contributed by atoms with Gasteiger partial charge in [-0.1, -0.05) is 0 Å². The van der Waals surface area contributed by atoms with Gasteiger partial charge in [-0.3, -0.25) is 4.79 Å². The van der Waals surface area contributed by atoms with Crippen molar-refractivity contribution in [1.29, 1.82) is 0 Å². The molecule has 0 bridgehead atoms. The van der Waals surface area contributed by atoms with Crippen LogP contribution in [-0.4, -0.2) is 49.6 Å². The molecule has 1 aromatic heterocycles. The predicted molar refractivity (Wildman–Crippen MR) is 73.3 cm³/mol. The Morgan fingerprint density at radius 3 is 2.95 bits per heavy atom. The average Bonchev–Trinajstić information content (AvgIpc) is 2.92. The standard InChI is InChI=1S/C14H21N3O2/c1-17(2)14(18)12-3-4-13(16-10-12)19-8-6-11-5-7-15-9-11/h3-4,10-11,15H,5-9H2,1-2H3. The molecule has 0 radical (unpaired) electrons. The molecule has 0 spiro atoms. The number of pyridine rings is 1. The molecular formula is C14H21N3O2. The molecule has 104 valence electrons. The summed E-state index contributed by atoms with van der Waals surface area (Å²) in [4.78, 5) is 17.4. The van der Waals surface area contributed by atoms with Crippen LogP contribution < -0.4 is 10.1 Å². The van der Waals surface area contributed by atoms with Crippen molar-refractivity contribution < 1.29 is 9.53 Å². The van der Waals surface area contributed by atoms with Gasteiger partial charge in [0.2, 0.25) is 5.88 Å². The molecule has 1 aliphatic rings. The highest BCUT2D eigenvalue weighted by molar-refractivity contribution is 5.93. The Kier molecular flexibility index (Phi) is 4.74. The molecule has 1 aliphatic heterocycles. The Balaban J connectivity index is 1.79. The number of rotatable bonds is 5. The van der Waals surface area contributed by atoms with Crippen molar-refractivity contribution in [3.05, 3.63) is 23.9 Å². The molecule has 0 aromatic carbocycles. The molecule has 0 saturated carbocycles. The van der Waals surface area contributed by atoms with Crippen LogP contribution in [-0.2, 0) is 0 Å². The topological polar surface area (TPSA) is 54.5 Å². The molecule has 2 heterocycles. The van der Waals surface area contributed by atoms with Gasteiger partial charge in [0.25, 0.3) is 5.91 Å². The fourth-order valence-electron chi connectivity index (χ4n) is 2.14. The summed E-state index contributed by atoms with van der Waals surface area (Å²) in [5.74, 6) is 1.26. The zero-order chi connectivity index (χ0) is 13.7. The zero-order valence-corrected chi connectivity index (χ0v) is 11.6. The number of carbonyl (C=O) groups excluding carboxylic acids is 1. The van der Waals surface area contributed by atoms with Crippen molar-refractivity contribution in [3.63, 3.8) is 0 Å². The summed E-state index contributed by atoms with van der Waals surface area (Å²) in [6.45, 7) is 2.89. The van der Waals surface area contributed by atoms with Crippen LogP contribution in [0.5, 0.6) is 5.88 Å². The largest absolute Gasteiger partial charge is 0.478 e. The summed E-state index contributed by atoms with van der Waals surface area (Å²) in [6, 6.07) is 3.51. The minimum absolute atomic E-state index is 0.0453. The molecule has 1 fully saturated rings. The van der Waals surface area contributed by atoms with Gasteiger partial charge in [0, 0.05) is 26.4 Å². The summed E-state index contributed by atoms with van der Waals surface area (Å²) in [5, 5.41) is 3.34. The number of aromatic nitrogens is 1. The van der Waals surface area contributed by atoms with Crippen LogP contribution in [0, 0.1) is 5.92 Å². The van der Waals surface area contributed by atoms with Crippen LogP contribution in [0.15, 0.2) is 18.3 Å². The average molecular weight is 263 g/mol. The van der Waals surface area contributed by atoms with E-state index in [1.165, 1.54) is 11.3 Å². The molecule has 2 rings (SSSR count). The fraction of sp³-hybridized carbons (Fsp3) is 0.571. The van der Waals surface area contributed by atoms with E-state index in [-0.39, 0.29) is 5.91 Å². The van der Waals surface area contributed by atoms with E-state index in [0.29, 0.717) is 18.1 Å². The van der Waals surface area contributed by atoms with Crippen molar-refractivity contribution in [2.75, 3.05) is 33.8 Å². The first-order chi connectivity index (χ1) is 9.16. The molecule has 1 N–H and O–H groups in total. The van der Waals surface area contributed by atoms with Crippen molar-refractivity contribution in [2.24, 2.45) is 5.92 Å². The molecule has 1 aromatic rings. The molecule has 5 heteroatoms. The normalized spacial score (nSPS) is 18.3. The zero-order valence-electron chi connectivity index (χ0n) is 11.6. The fourth-order valence-corrected chi connectivity index (χ4v) is 2.14. The van der Waals surface area contributed by atoms with E-state index in [1.807, 2.05) is 0 Å². The van der Waals surface area contributed by atoms with E-state index >= 15 is 0 Å². The van der Waals surface area contributed by atoms with Crippen LogP contribution in [0.1, 0.15) is 23.2 Å². The number of ether oxygens (including phenoxy) is 1. The number of nitrogens with one attached hydrogen (secondary N) is 1. The monoisotopic (exact) mass is 263 g/mol. The second-order valence-corrected chi connectivity index (χ2v) is 5.08. The van der Waals surface area contributed by atoms with Crippen LogP contribution in [0.2, 0.25) is 0 Å². The van der Waals surface area contributed by atoms with Crippen molar-refractivity contribution >= 4 is 5.91 Å². The number of hydrogen-bond donors (Lipinski definition) is 1. The third-order valence-corrected chi connectivity index (χ3v) is 3.33. The third-order valence-electron chi connectivity index (χ3n) is 3.33. The van der Waals surface area contributed by atoms with Gasteiger partial charge < -0.3 is 15.0 Å². The number of carbonyl (C=O) groups is 1. The first kappa shape index (κ1) is 13.8. The maximum absolute atomic E-state index is 11.7. The first-order valence-corrected chi connectivity index (χ1v) is 6.68. The molecule has 0 aliphatic carbocycles.